The molecule has 2 aromatic heterocycles. The zero-order chi connectivity index (χ0) is 13.0. The predicted molar refractivity (Wildman–Crippen MR) is 72.3 cm³/mol. The van der Waals surface area contributed by atoms with E-state index in [9.17, 15) is 4.79 Å². The van der Waals surface area contributed by atoms with Gasteiger partial charge in [0.25, 0.3) is 5.91 Å². The van der Waals surface area contributed by atoms with Gasteiger partial charge in [0.15, 0.2) is 0 Å². The quantitative estimate of drug-likeness (QED) is 0.578. The van der Waals surface area contributed by atoms with Crippen LogP contribution in [0.4, 0.5) is 5.69 Å². The van der Waals surface area contributed by atoms with Crippen LogP contribution in [0.3, 0.4) is 0 Å². The van der Waals surface area contributed by atoms with Crippen molar-refractivity contribution in [2.24, 2.45) is 5.84 Å². The Morgan fingerprint density at radius 3 is 3.06 bits per heavy atom. The molecular formula is C12H14N4OS. The van der Waals surface area contributed by atoms with Gasteiger partial charge in [-0.1, -0.05) is 6.07 Å². The second kappa shape index (κ2) is 5.61. The fourth-order valence-corrected chi connectivity index (χ4v) is 2.18. The Morgan fingerprint density at radius 2 is 2.39 bits per heavy atom. The summed E-state index contributed by atoms with van der Waals surface area (Å²) in [5, 5.41) is 4.81. The maximum absolute atomic E-state index is 12.0. The number of amides is 1. The highest BCUT2D eigenvalue weighted by Crippen LogP contribution is 2.15. The van der Waals surface area contributed by atoms with Gasteiger partial charge in [-0.15, -0.1) is 11.3 Å². The molecule has 0 aromatic carbocycles. The number of carbonyl (C=O) groups is 1. The Bertz CT molecular complexity index is 539. The molecule has 5 nitrogen and oxygen atoms in total. The van der Waals surface area contributed by atoms with Gasteiger partial charge < -0.3 is 10.7 Å². The molecule has 2 heterocycles. The van der Waals surface area contributed by atoms with Crippen LogP contribution in [0.5, 0.6) is 0 Å². The highest BCUT2D eigenvalue weighted by Gasteiger charge is 2.11. The van der Waals surface area contributed by atoms with Crippen molar-refractivity contribution < 1.29 is 4.79 Å². The smallest absolute Gasteiger partial charge is 0.255 e. The Morgan fingerprint density at radius 1 is 1.56 bits per heavy atom. The second-order valence-corrected chi connectivity index (χ2v) is 4.81. The number of rotatable bonds is 4. The number of hydrogen-bond donors (Lipinski definition) is 3. The van der Waals surface area contributed by atoms with Crippen LogP contribution in [0.2, 0.25) is 0 Å². The molecule has 0 unspecified atom stereocenters. The van der Waals surface area contributed by atoms with E-state index in [2.05, 4.69) is 15.7 Å². The first-order valence-electron chi connectivity index (χ1n) is 5.44. The van der Waals surface area contributed by atoms with Crippen LogP contribution in [0, 0.1) is 6.92 Å². The molecule has 1 amide bonds. The van der Waals surface area contributed by atoms with Crippen molar-refractivity contribution >= 4 is 22.9 Å². The number of aryl methyl sites for hydroxylation is 1. The minimum Gasteiger partial charge on any atom is -0.347 e. The van der Waals surface area contributed by atoms with Gasteiger partial charge in [-0.05, 0) is 24.4 Å². The average molecular weight is 262 g/mol. The van der Waals surface area contributed by atoms with Crippen LogP contribution in [0.25, 0.3) is 0 Å². The minimum absolute atomic E-state index is 0.191. The van der Waals surface area contributed by atoms with E-state index < -0.39 is 0 Å². The standard InChI is InChI=1S/C12H14N4OS/c1-8-5-11(16-13)10(7-14-8)12(17)15-6-9-3-2-4-18-9/h2-5,7H,6,13H2,1H3,(H,14,16)(H,15,17). The number of nitrogens with two attached hydrogens (primary N) is 1. The van der Waals surface area contributed by atoms with Gasteiger partial charge in [0.05, 0.1) is 17.8 Å². The molecule has 0 saturated heterocycles. The molecule has 2 rings (SSSR count). The van der Waals surface area contributed by atoms with E-state index in [1.165, 1.54) is 6.20 Å². The lowest BCUT2D eigenvalue weighted by molar-refractivity contribution is 0.0951. The summed E-state index contributed by atoms with van der Waals surface area (Å²) < 4.78 is 0. The lowest BCUT2D eigenvalue weighted by atomic mass is 10.2. The van der Waals surface area contributed by atoms with Crippen molar-refractivity contribution in [1.29, 1.82) is 0 Å². The van der Waals surface area contributed by atoms with Crippen LogP contribution < -0.4 is 16.6 Å². The number of hydrazine groups is 1. The number of nitrogen functional groups attached to an aromatic ring is 1. The second-order valence-electron chi connectivity index (χ2n) is 3.78. The van der Waals surface area contributed by atoms with Crippen LogP contribution in [0.15, 0.2) is 29.8 Å². The Balaban J connectivity index is 2.09. The Labute approximate surface area is 109 Å². The number of carbonyl (C=O) groups excluding carboxylic acids is 1. The summed E-state index contributed by atoms with van der Waals surface area (Å²) in [5.74, 6) is 5.20. The van der Waals surface area contributed by atoms with Crippen molar-refractivity contribution in [2.45, 2.75) is 13.5 Å². The number of pyridine rings is 1. The summed E-state index contributed by atoms with van der Waals surface area (Å²) in [5.41, 5.74) is 4.34. The first-order chi connectivity index (χ1) is 8.70. The number of nitrogens with one attached hydrogen (secondary N) is 2. The van der Waals surface area contributed by atoms with E-state index >= 15 is 0 Å². The van der Waals surface area contributed by atoms with Crippen LogP contribution in [0.1, 0.15) is 20.9 Å². The van der Waals surface area contributed by atoms with Crippen LogP contribution >= 0.6 is 11.3 Å². The third kappa shape index (κ3) is 2.85. The normalized spacial score (nSPS) is 10.1. The molecule has 0 aliphatic heterocycles. The van der Waals surface area contributed by atoms with Gasteiger partial charge >= 0.3 is 0 Å². The molecule has 0 atom stereocenters. The number of thiophene rings is 1. The molecule has 18 heavy (non-hydrogen) atoms. The summed E-state index contributed by atoms with van der Waals surface area (Å²) >= 11 is 1.60. The Hall–Kier alpha value is -1.92. The molecule has 0 aliphatic rings. The lowest BCUT2D eigenvalue weighted by Gasteiger charge is -2.09. The summed E-state index contributed by atoms with van der Waals surface area (Å²) in [6.45, 7) is 2.35. The first-order valence-corrected chi connectivity index (χ1v) is 6.32. The molecule has 94 valence electrons. The number of nitrogens with zero attached hydrogens (tertiary/aromatic N) is 1. The maximum Gasteiger partial charge on any atom is 0.255 e. The van der Waals surface area contributed by atoms with Gasteiger partial charge in [-0.2, -0.15) is 0 Å². The fraction of sp³-hybridized carbons (Fsp3) is 0.167. The molecule has 2 aromatic rings. The largest absolute Gasteiger partial charge is 0.347 e. The molecule has 4 N–H and O–H groups in total. The zero-order valence-corrected chi connectivity index (χ0v) is 10.8. The molecule has 0 radical (unpaired) electrons. The first kappa shape index (κ1) is 12.5. The van der Waals surface area contributed by atoms with E-state index in [1.807, 2.05) is 24.4 Å². The van der Waals surface area contributed by atoms with Crippen molar-refractivity contribution in [2.75, 3.05) is 5.43 Å². The molecule has 0 bridgehead atoms. The number of hydrogen-bond acceptors (Lipinski definition) is 5. The molecule has 6 heteroatoms. The van der Waals surface area contributed by atoms with Gasteiger partial charge in [-0.25, -0.2) is 0 Å². The molecule has 0 saturated carbocycles. The van der Waals surface area contributed by atoms with E-state index in [0.717, 1.165) is 10.6 Å². The third-order valence-electron chi connectivity index (χ3n) is 2.44. The van der Waals surface area contributed by atoms with E-state index in [0.29, 0.717) is 17.8 Å². The van der Waals surface area contributed by atoms with E-state index in [1.54, 1.807) is 17.4 Å². The third-order valence-corrected chi connectivity index (χ3v) is 3.32. The highest BCUT2D eigenvalue weighted by molar-refractivity contribution is 7.09. The SMILES string of the molecule is Cc1cc(NN)c(C(=O)NCc2cccs2)cn1. The van der Waals surface area contributed by atoms with E-state index in [4.69, 9.17) is 5.84 Å². The van der Waals surface area contributed by atoms with Crippen LogP contribution in [-0.4, -0.2) is 10.9 Å². The predicted octanol–water partition coefficient (Wildman–Crippen LogP) is 1.67. The van der Waals surface area contributed by atoms with Gasteiger partial charge in [-0.3, -0.25) is 15.6 Å². The minimum atomic E-state index is -0.191. The number of anilines is 1. The van der Waals surface area contributed by atoms with Crippen molar-refractivity contribution in [1.82, 2.24) is 10.3 Å². The highest BCUT2D eigenvalue weighted by atomic mass is 32.1. The van der Waals surface area contributed by atoms with Gasteiger partial charge in [0, 0.05) is 16.8 Å². The molecule has 0 aliphatic carbocycles. The maximum atomic E-state index is 12.0. The van der Waals surface area contributed by atoms with E-state index in [-0.39, 0.29) is 5.91 Å². The summed E-state index contributed by atoms with van der Waals surface area (Å²) in [7, 11) is 0. The van der Waals surface area contributed by atoms with Crippen molar-refractivity contribution in [3.05, 3.63) is 45.9 Å². The van der Waals surface area contributed by atoms with Gasteiger partial charge in [0.1, 0.15) is 0 Å². The average Bonchev–Trinajstić information content (AvgIpc) is 2.88. The van der Waals surface area contributed by atoms with Crippen LogP contribution in [-0.2, 0) is 6.54 Å². The molecular weight excluding hydrogens is 248 g/mol. The van der Waals surface area contributed by atoms with Gasteiger partial charge in [0.2, 0.25) is 0 Å². The zero-order valence-electron chi connectivity index (χ0n) is 9.93. The number of aromatic nitrogens is 1. The fourth-order valence-electron chi connectivity index (χ4n) is 1.54. The summed E-state index contributed by atoms with van der Waals surface area (Å²) in [6, 6.07) is 5.66. The summed E-state index contributed by atoms with van der Waals surface area (Å²) in [6.07, 6.45) is 1.52. The molecule has 0 fully saturated rings. The topological polar surface area (TPSA) is 80.0 Å². The summed E-state index contributed by atoms with van der Waals surface area (Å²) in [4.78, 5) is 17.2. The lowest BCUT2D eigenvalue weighted by Crippen LogP contribution is -2.24. The van der Waals surface area contributed by atoms with Crippen molar-refractivity contribution in [3.63, 3.8) is 0 Å². The monoisotopic (exact) mass is 262 g/mol. The molecule has 0 spiro atoms. The van der Waals surface area contributed by atoms with Crippen molar-refractivity contribution in [3.8, 4) is 0 Å². The Kier molecular flexibility index (Phi) is 3.91.